The van der Waals surface area contributed by atoms with E-state index in [9.17, 15) is 0 Å². The molecular weight excluding hydrogens is 460 g/mol. The van der Waals surface area contributed by atoms with Crippen LogP contribution >= 0.6 is 0 Å². The Balaban J connectivity index is 2.13. The predicted molar refractivity (Wildman–Crippen MR) is 166 cm³/mol. The summed E-state index contributed by atoms with van der Waals surface area (Å²) in [7, 11) is 0. The highest BCUT2D eigenvalue weighted by molar-refractivity contribution is 5.63. The van der Waals surface area contributed by atoms with Crippen LogP contribution in [-0.2, 0) is 0 Å². The molecule has 2 nitrogen and oxygen atoms in total. The van der Waals surface area contributed by atoms with E-state index >= 15 is 0 Å². The minimum Gasteiger partial charge on any atom is -0.371 e. The molecule has 0 N–H and O–H groups in total. The van der Waals surface area contributed by atoms with Crippen molar-refractivity contribution < 1.29 is 0 Å². The van der Waals surface area contributed by atoms with E-state index in [0.717, 1.165) is 37.3 Å². The van der Waals surface area contributed by atoms with E-state index in [0.29, 0.717) is 0 Å². The van der Waals surface area contributed by atoms with Crippen LogP contribution in [0, 0.1) is 47.4 Å². The van der Waals surface area contributed by atoms with Crippen molar-refractivity contribution in [3.63, 3.8) is 0 Å². The summed E-state index contributed by atoms with van der Waals surface area (Å²) in [5, 5.41) is 0. The molecule has 0 aliphatic heterocycles. The van der Waals surface area contributed by atoms with Gasteiger partial charge in [0.25, 0.3) is 0 Å². The Kier molecular flexibility index (Phi) is 15.6. The summed E-state index contributed by atoms with van der Waals surface area (Å²) >= 11 is 0. The Bertz CT molecular complexity index is 1100. The maximum absolute atomic E-state index is 3.24. The number of rotatable bonds is 14. The first-order chi connectivity index (χ1) is 18.7. The van der Waals surface area contributed by atoms with Gasteiger partial charge in [0, 0.05) is 37.3 Å². The third kappa shape index (κ3) is 11.1. The Morgan fingerprint density at radius 3 is 1.11 bits per heavy atom. The van der Waals surface area contributed by atoms with Crippen molar-refractivity contribution >= 4 is 11.4 Å². The van der Waals surface area contributed by atoms with Crippen LogP contribution < -0.4 is 9.80 Å². The third-order valence-corrected chi connectivity index (χ3v) is 6.32. The van der Waals surface area contributed by atoms with Crippen molar-refractivity contribution in [2.45, 2.75) is 79.1 Å². The van der Waals surface area contributed by atoms with Crippen LogP contribution in [-0.4, -0.2) is 26.2 Å². The highest BCUT2D eigenvalue weighted by Crippen LogP contribution is 2.22. The molecule has 0 heterocycles. The SMILES string of the molecule is CCCCN(CCCC)c1ccccc1C#CC#CC#CC#Cc1ccccc1N(CCCC)CCCC. The summed E-state index contributed by atoms with van der Waals surface area (Å²) in [6.07, 6.45) is 9.47. The van der Waals surface area contributed by atoms with Gasteiger partial charge in [0.05, 0.1) is 11.4 Å². The van der Waals surface area contributed by atoms with E-state index in [1.54, 1.807) is 0 Å². The van der Waals surface area contributed by atoms with Crippen LogP contribution in [0.25, 0.3) is 0 Å². The van der Waals surface area contributed by atoms with Crippen LogP contribution in [0.5, 0.6) is 0 Å². The monoisotopic (exact) mass is 504 g/mol. The van der Waals surface area contributed by atoms with Gasteiger partial charge in [-0.05, 0) is 85.5 Å². The number of para-hydroxylation sites is 2. The number of nitrogens with zero attached hydrogens (tertiary/aromatic N) is 2. The normalized spacial score (nSPS) is 9.47. The van der Waals surface area contributed by atoms with Crippen LogP contribution in [0.2, 0.25) is 0 Å². The van der Waals surface area contributed by atoms with Gasteiger partial charge in [-0.3, -0.25) is 0 Å². The van der Waals surface area contributed by atoms with Crippen molar-refractivity contribution in [2.24, 2.45) is 0 Å². The lowest BCUT2D eigenvalue weighted by molar-refractivity contribution is 0.677. The maximum Gasteiger partial charge on any atom is 0.0525 e. The summed E-state index contributed by atoms with van der Waals surface area (Å²) in [6, 6.07) is 16.7. The van der Waals surface area contributed by atoms with Gasteiger partial charge >= 0.3 is 0 Å². The fraction of sp³-hybridized carbons (Fsp3) is 0.444. The van der Waals surface area contributed by atoms with Gasteiger partial charge in [-0.1, -0.05) is 89.5 Å². The Hall–Kier alpha value is -3.72. The van der Waals surface area contributed by atoms with Gasteiger partial charge in [-0.25, -0.2) is 0 Å². The molecule has 0 radical (unpaired) electrons. The number of anilines is 2. The Labute approximate surface area is 233 Å². The first-order valence-electron chi connectivity index (χ1n) is 14.4. The molecule has 0 amide bonds. The zero-order valence-corrected chi connectivity index (χ0v) is 24.0. The number of hydrogen-bond donors (Lipinski definition) is 0. The topological polar surface area (TPSA) is 6.48 Å². The van der Waals surface area contributed by atoms with Crippen molar-refractivity contribution in [1.29, 1.82) is 0 Å². The molecule has 0 bridgehead atoms. The minimum atomic E-state index is 1.02. The minimum absolute atomic E-state index is 1.02. The highest BCUT2D eigenvalue weighted by atomic mass is 15.1. The van der Waals surface area contributed by atoms with E-state index in [1.807, 2.05) is 12.1 Å². The number of benzene rings is 2. The third-order valence-electron chi connectivity index (χ3n) is 6.32. The van der Waals surface area contributed by atoms with E-state index in [4.69, 9.17) is 0 Å². The first kappa shape index (κ1) is 30.5. The van der Waals surface area contributed by atoms with E-state index < -0.39 is 0 Å². The molecule has 0 saturated carbocycles. The van der Waals surface area contributed by atoms with Gasteiger partial charge in [-0.2, -0.15) is 0 Å². The molecule has 2 aromatic carbocycles. The molecule has 0 spiro atoms. The standard InChI is InChI=1S/C36H44N2/c1-5-9-29-37(30-10-6-2)35-27-21-19-25-33(35)23-17-15-13-14-16-18-24-34-26-20-22-28-36(34)38(31-11-7-3)32-12-8-4/h19-22,25-28H,5-12,29-32H2,1-4H3. The quantitative estimate of drug-likeness (QED) is 0.241. The highest BCUT2D eigenvalue weighted by Gasteiger charge is 2.10. The molecule has 0 atom stereocenters. The van der Waals surface area contributed by atoms with Gasteiger partial charge in [-0.15, -0.1) is 0 Å². The maximum atomic E-state index is 3.24. The van der Waals surface area contributed by atoms with E-state index in [-0.39, 0.29) is 0 Å². The van der Waals surface area contributed by atoms with Crippen molar-refractivity contribution in [3.05, 3.63) is 59.7 Å². The second-order valence-electron chi connectivity index (χ2n) is 9.42. The zero-order valence-electron chi connectivity index (χ0n) is 24.0. The summed E-state index contributed by atoms with van der Waals surface area (Å²) in [5.41, 5.74) is 4.44. The van der Waals surface area contributed by atoms with Crippen LogP contribution in [0.15, 0.2) is 48.5 Å². The molecule has 2 aromatic rings. The Morgan fingerprint density at radius 2 is 0.763 bits per heavy atom. The fourth-order valence-electron chi connectivity index (χ4n) is 4.13. The second kappa shape index (κ2) is 19.4. The second-order valence-corrected chi connectivity index (χ2v) is 9.42. The molecule has 198 valence electrons. The average Bonchev–Trinajstić information content (AvgIpc) is 2.95. The molecule has 2 heteroatoms. The molecule has 0 aliphatic carbocycles. The van der Waals surface area contributed by atoms with Crippen LogP contribution in [0.1, 0.15) is 90.2 Å². The van der Waals surface area contributed by atoms with Crippen molar-refractivity contribution in [3.8, 4) is 47.4 Å². The van der Waals surface area contributed by atoms with Gasteiger partial charge in [0.2, 0.25) is 0 Å². The smallest absolute Gasteiger partial charge is 0.0525 e. The fourth-order valence-corrected chi connectivity index (χ4v) is 4.13. The largest absolute Gasteiger partial charge is 0.371 e. The van der Waals surface area contributed by atoms with Crippen molar-refractivity contribution in [1.82, 2.24) is 0 Å². The first-order valence-corrected chi connectivity index (χ1v) is 14.4. The summed E-state index contributed by atoms with van der Waals surface area (Å²) < 4.78 is 0. The number of hydrogen-bond acceptors (Lipinski definition) is 2. The van der Waals surface area contributed by atoms with E-state index in [2.05, 4.69) is 121 Å². The average molecular weight is 505 g/mol. The lowest BCUT2D eigenvalue weighted by Crippen LogP contribution is -2.26. The summed E-state index contributed by atoms with van der Waals surface area (Å²) in [6.45, 7) is 13.2. The molecule has 0 unspecified atom stereocenters. The van der Waals surface area contributed by atoms with E-state index in [1.165, 1.54) is 62.7 Å². The van der Waals surface area contributed by atoms with Crippen LogP contribution in [0.3, 0.4) is 0 Å². The lowest BCUT2D eigenvalue weighted by Gasteiger charge is -2.25. The molecule has 2 rings (SSSR count). The molecule has 0 aromatic heterocycles. The van der Waals surface area contributed by atoms with Crippen molar-refractivity contribution in [2.75, 3.05) is 36.0 Å². The molecule has 0 saturated heterocycles. The van der Waals surface area contributed by atoms with Gasteiger partial charge in [0.15, 0.2) is 0 Å². The molecular formula is C36H44N2. The van der Waals surface area contributed by atoms with Crippen LogP contribution in [0.4, 0.5) is 11.4 Å². The molecule has 0 fully saturated rings. The number of unbranched alkanes of at least 4 members (excludes halogenated alkanes) is 4. The summed E-state index contributed by atoms with van der Waals surface area (Å²) in [5.74, 6) is 23.9. The molecule has 38 heavy (non-hydrogen) atoms. The lowest BCUT2D eigenvalue weighted by atomic mass is 10.1. The summed E-state index contributed by atoms with van der Waals surface area (Å²) in [4.78, 5) is 4.92. The zero-order chi connectivity index (χ0) is 27.3. The predicted octanol–water partition coefficient (Wildman–Crippen LogP) is 7.91. The Morgan fingerprint density at radius 1 is 0.447 bits per heavy atom. The van der Waals surface area contributed by atoms with Gasteiger partial charge in [0.1, 0.15) is 0 Å². The van der Waals surface area contributed by atoms with Gasteiger partial charge < -0.3 is 9.80 Å². The molecule has 0 aliphatic rings.